The highest BCUT2D eigenvalue weighted by Crippen LogP contribution is 2.14. The van der Waals surface area contributed by atoms with E-state index in [1.54, 1.807) is 6.92 Å². The van der Waals surface area contributed by atoms with E-state index in [1.165, 1.54) is 36.7 Å². The molecule has 0 radical (unpaired) electrons. The maximum atomic E-state index is 12.0. The first-order chi connectivity index (χ1) is 11.7. The Morgan fingerprint density at radius 3 is 2.40 bits per heavy atom. The standard InChI is InChI=1S/C15H16N4O5S/c1-10-7-15(22)19(9-16-10)8-14(21)17-12-3-5-13(6-4-12)25(23,24)18-11(2)20/h3-7,9H,8H2,1-2H3,(H,17,21)(H,18,20). The van der Waals surface area contributed by atoms with E-state index in [-0.39, 0.29) is 17.0 Å². The van der Waals surface area contributed by atoms with Gasteiger partial charge in [-0.15, -0.1) is 0 Å². The van der Waals surface area contributed by atoms with E-state index >= 15 is 0 Å². The average Bonchev–Trinajstić information content (AvgIpc) is 2.49. The van der Waals surface area contributed by atoms with E-state index < -0.39 is 21.8 Å². The maximum Gasteiger partial charge on any atom is 0.264 e. The molecule has 0 aliphatic rings. The number of aromatic nitrogens is 2. The Bertz CT molecular complexity index is 964. The number of nitrogens with one attached hydrogen (secondary N) is 2. The predicted octanol–water partition coefficient (Wildman–Crippen LogP) is 0.0152. The molecule has 132 valence electrons. The van der Waals surface area contributed by atoms with Gasteiger partial charge in [-0.1, -0.05) is 0 Å². The molecular formula is C15H16N4O5S. The number of benzene rings is 1. The molecule has 1 aromatic heterocycles. The number of amides is 2. The summed E-state index contributed by atoms with van der Waals surface area (Å²) >= 11 is 0. The van der Waals surface area contributed by atoms with Gasteiger partial charge in [0.05, 0.1) is 11.2 Å². The molecule has 9 nitrogen and oxygen atoms in total. The van der Waals surface area contributed by atoms with Crippen molar-refractivity contribution in [3.63, 3.8) is 0 Å². The minimum absolute atomic E-state index is 0.111. The van der Waals surface area contributed by atoms with Crippen LogP contribution >= 0.6 is 0 Å². The van der Waals surface area contributed by atoms with Gasteiger partial charge in [-0.05, 0) is 31.2 Å². The van der Waals surface area contributed by atoms with Crippen molar-refractivity contribution < 1.29 is 18.0 Å². The lowest BCUT2D eigenvalue weighted by Gasteiger charge is -2.09. The molecule has 2 amide bonds. The number of hydrogen-bond acceptors (Lipinski definition) is 6. The summed E-state index contributed by atoms with van der Waals surface area (Å²) < 4.78 is 26.6. The van der Waals surface area contributed by atoms with Crippen molar-refractivity contribution in [1.82, 2.24) is 14.3 Å². The first-order valence-corrected chi connectivity index (χ1v) is 8.62. The normalized spacial score (nSPS) is 11.0. The molecule has 0 spiro atoms. The van der Waals surface area contributed by atoms with E-state index in [2.05, 4.69) is 10.3 Å². The average molecular weight is 364 g/mol. The van der Waals surface area contributed by atoms with E-state index in [0.717, 1.165) is 11.5 Å². The van der Waals surface area contributed by atoms with E-state index in [1.807, 2.05) is 4.72 Å². The molecule has 0 saturated heterocycles. The van der Waals surface area contributed by atoms with Crippen molar-refractivity contribution in [1.29, 1.82) is 0 Å². The van der Waals surface area contributed by atoms with Gasteiger partial charge < -0.3 is 5.32 Å². The van der Waals surface area contributed by atoms with Crippen LogP contribution in [-0.4, -0.2) is 29.8 Å². The number of carbonyl (C=O) groups excluding carboxylic acids is 2. The van der Waals surface area contributed by atoms with Crippen LogP contribution in [0.5, 0.6) is 0 Å². The summed E-state index contributed by atoms with van der Waals surface area (Å²) in [6, 6.07) is 6.57. The van der Waals surface area contributed by atoms with Crippen molar-refractivity contribution in [2.75, 3.05) is 5.32 Å². The number of sulfonamides is 1. The maximum absolute atomic E-state index is 12.0. The highest BCUT2D eigenvalue weighted by molar-refractivity contribution is 7.90. The number of carbonyl (C=O) groups is 2. The lowest BCUT2D eigenvalue weighted by molar-refractivity contribution is -0.117. The molecule has 0 atom stereocenters. The lowest BCUT2D eigenvalue weighted by atomic mass is 10.3. The van der Waals surface area contributed by atoms with Crippen LogP contribution in [0.15, 0.2) is 46.3 Å². The highest BCUT2D eigenvalue weighted by Gasteiger charge is 2.15. The molecule has 0 saturated carbocycles. The Balaban J connectivity index is 2.07. The topological polar surface area (TPSA) is 127 Å². The third-order valence-corrected chi connectivity index (χ3v) is 4.51. The molecule has 2 aromatic rings. The van der Waals surface area contributed by atoms with Crippen molar-refractivity contribution in [2.24, 2.45) is 0 Å². The number of aryl methyl sites for hydroxylation is 1. The number of nitrogens with zero attached hydrogens (tertiary/aromatic N) is 2. The molecule has 1 heterocycles. The minimum Gasteiger partial charge on any atom is -0.325 e. The van der Waals surface area contributed by atoms with Crippen LogP contribution in [0.2, 0.25) is 0 Å². The summed E-state index contributed by atoms with van der Waals surface area (Å²) in [5.74, 6) is -1.17. The first kappa shape index (κ1) is 18.3. The first-order valence-electron chi connectivity index (χ1n) is 7.14. The molecule has 1 aromatic carbocycles. The zero-order valence-corrected chi connectivity index (χ0v) is 14.3. The van der Waals surface area contributed by atoms with Gasteiger partial charge in [0.15, 0.2) is 0 Å². The summed E-state index contributed by atoms with van der Waals surface area (Å²) in [6.45, 7) is 2.54. The summed E-state index contributed by atoms with van der Waals surface area (Å²) in [7, 11) is -3.93. The second-order valence-electron chi connectivity index (χ2n) is 5.23. The lowest BCUT2D eigenvalue weighted by Crippen LogP contribution is -2.28. The zero-order chi connectivity index (χ0) is 18.6. The SMILES string of the molecule is CC(=O)NS(=O)(=O)c1ccc(NC(=O)Cn2cnc(C)cc2=O)cc1. The second kappa shape index (κ2) is 7.26. The fourth-order valence-electron chi connectivity index (χ4n) is 1.96. The largest absolute Gasteiger partial charge is 0.325 e. The van der Waals surface area contributed by atoms with Gasteiger partial charge in [0.25, 0.3) is 15.6 Å². The fraction of sp³-hybridized carbons (Fsp3) is 0.200. The van der Waals surface area contributed by atoms with Crippen molar-refractivity contribution in [3.05, 3.63) is 52.7 Å². The van der Waals surface area contributed by atoms with Gasteiger partial charge in [0.1, 0.15) is 6.54 Å². The summed E-state index contributed by atoms with van der Waals surface area (Å²) in [4.78, 5) is 38.4. The van der Waals surface area contributed by atoms with Crippen LogP contribution < -0.4 is 15.6 Å². The molecule has 0 fully saturated rings. The van der Waals surface area contributed by atoms with Crippen LogP contribution in [0, 0.1) is 6.92 Å². The molecule has 0 aliphatic heterocycles. The second-order valence-corrected chi connectivity index (χ2v) is 6.91. The molecule has 0 aliphatic carbocycles. The molecular weight excluding hydrogens is 348 g/mol. The zero-order valence-electron chi connectivity index (χ0n) is 13.5. The minimum atomic E-state index is -3.93. The molecule has 25 heavy (non-hydrogen) atoms. The Morgan fingerprint density at radius 2 is 1.84 bits per heavy atom. The molecule has 10 heteroatoms. The Morgan fingerprint density at radius 1 is 1.20 bits per heavy atom. The van der Waals surface area contributed by atoms with Gasteiger partial charge in [-0.3, -0.25) is 19.0 Å². The molecule has 0 bridgehead atoms. The van der Waals surface area contributed by atoms with E-state index in [4.69, 9.17) is 0 Å². The van der Waals surface area contributed by atoms with Gasteiger partial charge >= 0.3 is 0 Å². The smallest absolute Gasteiger partial charge is 0.264 e. The predicted molar refractivity (Wildman–Crippen MR) is 89.3 cm³/mol. The fourth-order valence-corrected chi connectivity index (χ4v) is 2.95. The molecule has 2 rings (SSSR count). The van der Waals surface area contributed by atoms with Crippen LogP contribution in [0.3, 0.4) is 0 Å². The highest BCUT2D eigenvalue weighted by atomic mass is 32.2. The molecule has 2 N–H and O–H groups in total. The van der Waals surface area contributed by atoms with Crippen molar-refractivity contribution in [2.45, 2.75) is 25.3 Å². The number of rotatable bonds is 5. The number of hydrogen-bond donors (Lipinski definition) is 2. The third kappa shape index (κ3) is 4.98. The molecule has 0 unspecified atom stereocenters. The van der Waals surface area contributed by atoms with Gasteiger partial charge in [-0.25, -0.2) is 18.1 Å². The monoisotopic (exact) mass is 364 g/mol. The van der Waals surface area contributed by atoms with Crippen LogP contribution in [0.1, 0.15) is 12.6 Å². The van der Waals surface area contributed by atoms with Crippen LogP contribution in [-0.2, 0) is 26.2 Å². The Hall–Kier alpha value is -3.01. The van der Waals surface area contributed by atoms with E-state index in [9.17, 15) is 22.8 Å². The summed E-state index contributed by atoms with van der Waals surface area (Å²) in [5.41, 5.74) is 0.553. The van der Waals surface area contributed by atoms with Crippen LogP contribution in [0.25, 0.3) is 0 Å². The Kier molecular flexibility index (Phi) is 5.32. The van der Waals surface area contributed by atoms with Gasteiger partial charge in [0, 0.05) is 24.4 Å². The van der Waals surface area contributed by atoms with Gasteiger partial charge in [0.2, 0.25) is 11.8 Å². The van der Waals surface area contributed by atoms with Crippen molar-refractivity contribution in [3.8, 4) is 0 Å². The number of anilines is 1. The third-order valence-electron chi connectivity index (χ3n) is 3.06. The quantitative estimate of drug-likeness (QED) is 0.770. The van der Waals surface area contributed by atoms with Crippen molar-refractivity contribution >= 4 is 27.5 Å². The van der Waals surface area contributed by atoms with Gasteiger partial charge in [-0.2, -0.15) is 0 Å². The van der Waals surface area contributed by atoms with E-state index in [0.29, 0.717) is 11.4 Å². The summed E-state index contributed by atoms with van der Waals surface area (Å²) in [5, 5.41) is 2.54. The van der Waals surface area contributed by atoms with Crippen LogP contribution in [0.4, 0.5) is 5.69 Å². The Labute approximate surface area is 143 Å². The summed E-state index contributed by atoms with van der Waals surface area (Å²) in [6.07, 6.45) is 1.28.